The van der Waals surface area contributed by atoms with Crippen molar-refractivity contribution < 1.29 is 4.79 Å². The number of imidazole rings is 1. The number of anilines is 1. The van der Waals surface area contributed by atoms with Crippen LogP contribution in [0, 0.1) is 5.92 Å². The number of aryl methyl sites for hydroxylation is 1. The average molecular weight is 271 g/mol. The maximum atomic E-state index is 11.8. The molecule has 20 heavy (non-hydrogen) atoms. The van der Waals surface area contributed by atoms with Crippen molar-refractivity contribution in [2.45, 2.75) is 19.4 Å². The predicted molar refractivity (Wildman–Crippen MR) is 75.3 cm³/mol. The fourth-order valence-electron chi connectivity index (χ4n) is 2.42. The molecule has 0 bridgehead atoms. The van der Waals surface area contributed by atoms with Crippen molar-refractivity contribution in [3.05, 3.63) is 42.6 Å². The number of pyridine rings is 1. The number of carbonyl (C=O) groups is 1. The summed E-state index contributed by atoms with van der Waals surface area (Å²) >= 11 is 0. The van der Waals surface area contributed by atoms with Gasteiger partial charge >= 0.3 is 6.03 Å². The molecule has 0 spiro atoms. The van der Waals surface area contributed by atoms with E-state index in [1.807, 2.05) is 24.5 Å². The van der Waals surface area contributed by atoms with Crippen molar-refractivity contribution in [1.82, 2.24) is 19.9 Å². The fraction of sp³-hybridized carbons (Fsp3) is 0.357. The molecule has 2 N–H and O–H groups in total. The van der Waals surface area contributed by atoms with Gasteiger partial charge in [-0.15, -0.1) is 0 Å². The van der Waals surface area contributed by atoms with Gasteiger partial charge < -0.3 is 9.88 Å². The van der Waals surface area contributed by atoms with Crippen LogP contribution < -0.4 is 10.6 Å². The summed E-state index contributed by atoms with van der Waals surface area (Å²) < 4.78 is 2.17. The van der Waals surface area contributed by atoms with Crippen LogP contribution in [0.1, 0.15) is 12.2 Å². The summed E-state index contributed by atoms with van der Waals surface area (Å²) in [6.07, 6.45) is 7.46. The minimum atomic E-state index is -0.211. The van der Waals surface area contributed by atoms with Crippen LogP contribution in [0.2, 0.25) is 0 Å². The van der Waals surface area contributed by atoms with Gasteiger partial charge in [0.05, 0.1) is 0 Å². The van der Waals surface area contributed by atoms with Crippen molar-refractivity contribution in [3.8, 4) is 0 Å². The largest absolute Gasteiger partial charge is 0.338 e. The Morgan fingerprint density at radius 3 is 3.15 bits per heavy atom. The van der Waals surface area contributed by atoms with E-state index in [1.54, 1.807) is 12.3 Å². The second-order valence-corrected chi connectivity index (χ2v) is 4.95. The van der Waals surface area contributed by atoms with Gasteiger partial charge in [0.15, 0.2) is 0 Å². The second kappa shape index (κ2) is 5.73. The van der Waals surface area contributed by atoms with Crippen molar-refractivity contribution in [2.75, 3.05) is 11.9 Å². The lowest BCUT2D eigenvalue weighted by Crippen LogP contribution is -2.35. The lowest BCUT2D eigenvalue weighted by Gasteiger charge is -2.23. The Morgan fingerprint density at radius 2 is 2.30 bits per heavy atom. The molecule has 0 aromatic carbocycles. The molecule has 104 valence electrons. The van der Waals surface area contributed by atoms with Crippen LogP contribution in [0.3, 0.4) is 0 Å². The molecular formula is C14H17N5O. The maximum Gasteiger partial charge on any atom is 0.320 e. The molecule has 3 rings (SSSR count). The molecule has 0 saturated heterocycles. The highest BCUT2D eigenvalue weighted by Gasteiger charge is 2.19. The average Bonchev–Trinajstić information content (AvgIpc) is 2.93. The summed E-state index contributed by atoms with van der Waals surface area (Å²) in [5.74, 6) is 2.11. The molecular weight excluding hydrogens is 254 g/mol. The Bertz CT molecular complexity index is 580. The van der Waals surface area contributed by atoms with E-state index in [-0.39, 0.29) is 6.03 Å². The first-order valence-corrected chi connectivity index (χ1v) is 6.77. The molecule has 1 aliphatic heterocycles. The van der Waals surface area contributed by atoms with Crippen molar-refractivity contribution >= 4 is 11.8 Å². The number of urea groups is 1. The summed E-state index contributed by atoms with van der Waals surface area (Å²) in [4.78, 5) is 20.1. The SMILES string of the molecule is O=C(NC[C@@H]1CCn2ccnc2C1)Nc1ccccn1. The number of hydrogen-bond donors (Lipinski definition) is 2. The zero-order valence-electron chi connectivity index (χ0n) is 11.1. The summed E-state index contributed by atoms with van der Waals surface area (Å²) in [7, 11) is 0. The maximum absolute atomic E-state index is 11.8. The van der Waals surface area contributed by atoms with E-state index >= 15 is 0 Å². The number of nitrogens with one attached hydrogen (secondary N) is 2. The molecule has 2 aromatic heterocycles. The van der Waals surface area contributed by atoms with E-state index in [4.69, 9.17) is 0 Å². The van der Waals surface area contributed by atoms with Gasteiger partial charge in [-0.05, 0) is 24.5 Å². The number of aromatic nitrogens is 3. The van der Waals surface area contributed by atoms with E-state index in [0.717, 1.165) is 25.2 Å². The quantitative estimate of drug-likeness (QED) is 0.891. The first kappa shape index (κ1) is 12.7. The van der Waals surface area contributed by atoms with Gasteiger partial charge in [0.25, 0.3) is 0 Å². The number of fused-ring (bicyclic) bond motifs is 1. The zero-order valence-corrected chi connectivity index (χ0v) is 11.1. The van der Waals surface area contributed by atoms with Crippen LogP contribution >= 0.6 is 0 Å². The van der Waals surface area contributed by atoms with Crippen LogP contribution in [-0.4, -0.2) is 27.1 Å². The highest BCUT2D eigenvalue weighted by Crippen LogP contribution is 2.18. The zero-order chi connectivity index (χ0) is 13.8. The Labute approximate surface area is 117 Å². The molecule has 0 aliphatic carbocycles. The van der Waals surface area contributed by atoms with Crippen molar-refractivity contribution in [3.63, 3.8) is 0 Å². The minimum absolute atomic E-state index is 0.211. The fourth-order valence-corrected chi connectivity index (χ4v) is 2.42. The molecule has 6 nitrogen and oxygen atoms in total. The molecule has 0 fully saturated rings. The first-order chi connectivity index (χ1) is 9.81. The van der Waals surface area contributed by atoms with Gasteiger partial charge in [0.2, 0.25) is 0 Å². The summed E-state index contributed by atoms with van der Waals surface area (Å²) in [5.41, 5.74) is 0. The Hall–Kier alpha value is -2.37. The number of nitrogens with zero attached hydrogens (tertiary/aromatic N) is 3. The van der Waals surface area contributed by atoms with Crippen LogP contribution in [0.25, 0.3) is 0 Å². The Kier molecular flexibility index (Phi) is 3.62. The smallest absolute Gasteiger partial charge is 0.320 e. The third-order valence-corrected chi connectivity index (χ3v) is 3.51. The van der Waals surface area contributed by atoms with E-state index < -0.39 is 0 Å². The molecule has 2 amide bonds. The number of rotatable bonds is 3. The lowest BCUT2D eigenvalue weighted by atomic mass is 9.98. The first-order valence-electron chi connectivity index (χ1n) is 6.77. The minimum Gasteiger partial charge on any atom is -0.338 e. The summed E-state index contributed by atoms with van der Waals surface area (Å²) in [6.45, 7) is 1.63. The van der Waals surface area contributed by atoms with Crippen LogP contribution in [0.5, 0.6) is 0 Å². The van der Waals surface area contributed by atoms with Gasteiger partial charge in [-0.1, -0.05) is 6.07 Å². The van der Waals surface area contributed by atoms with Crippen LogP contribution in [-0.2, 0) is 13.0 Å². The van der Waals surface area contributed by atoms with Gasteiger partial charge in [0, 0.05) is 38.1 Å². The van der Waals surface area contributed by atoms with Crippen molar-refractivity contribution in [2.24, 2.45) is 5.92 Å². The topological polar surface area (TPSA) is 71.8 Å². The summed E-state index contributed by atoms with van der Waals surface area (Å²) in [6, 6.07) is 5.20. The molecule has 0 saturated carbocycles. The highest BCUT2D eigenvalue weighted by atomic mass is 16.2. The normalized spacial score (nSPS) is 17.3. The van der Waals surface area contributed by atoms with E-state index in [1.165, 1.54) is 0 Å². The molecule has 3 heterocycles. The van der Waals surface area contributed by atoms with E-state index in [2.05, 4.69) is 25.2 Å². The molecule has 1 atom stereocenters. The van der Waals surface area contributed by atoms with E-state index in [0.29, 0.717) is 18.3 Å². The van der Waals surface area contributed by atoms with Gasteiger partial charge in [0.1, 0.15) is 11.6 Å². The third-order valence-electron chi connectivity index (χ3n) is 3.51. The van der Waals surface area contributed by atoms with Crippen LogP contribution in [0.15, 0.2) is 36.8 Å². The Morgan fingerprint density at radius 1 is 1.35 bits per heavy atom. The van der Waals surface area contributed by atoms with Crippen molar-refractivity contribution in [1.29, 1.82) is 0 Å². The number of hydrogen-bond acceptors (Lipinski definition) is 3. The molecule has 0 radical (unpaired) electrons. The van der Waals surface area contributed by atoms with Gasteiger partial charge in [-0.25, -0.2) is 14.8 Å². The number of carbonyl (C=O) groups excluding carboxylic acids is 1. The van der Waals surface area contributed by atoms with Gasteiger partial charge in [-0.3, -0.25) is 5.32 Å². The third kappa shape index (κ3) is 2.96. The van der Waals surface area contributed by atoms with Crippen LogP contribution in [0.4, 0.5) is 10.6 Å². The molecule has 2 aromatic rings. The molecule has 0 unspecified atom stereocenters. The number of amides is 2. The molecule has 6 heteroatoms. The van der Waals surface area contributed by atoms with E-state index in [9.17, 15) is 4.79 Å². The lowest BCUT2D eigenvalue weighted by molar-refractivity contribution is 0.248. The second-order valence-electron chi connectivity index (χ2n) is 4.95. The highest BCUT2D eigenvalue weighted by molar-refractivity contribution is 5.88. The molecule has 1 aliphatic rings. The van der Waals surface area contributed by atoms with Gasteiger partial charge in [-0.2, -0.15) is 0 Å². The summed E-state index contributed by atoms with van der Waals surface area (Å²) in [5, 5.41) is 5.61. The Balaban J connectivity index is 1.47. The monoisotopic (exact) mass is 271 g/mol. The standard InChI is InChI=1S/C14H17N5O/c20-14(18-12-3-1-2-5-15-12)17-10-11-4-7-19-8-6-16-13(19)9-11/h1-3,5-6,8,11H,4,7,9-10H2,(H2,15,17,18,20)/t11-/m1/s1. The predicted octanol–water partition coefficient (Wildman–Crippen LogP) is 1.66.